The van der Waals surface area contributed by atoms with Gasteiger partial charge in [0, 0.05) is 24.7 Å². The van der Waals surface area contributed by atoms with Crippen LogP contribution in [0.3, 0.4) is 0 Å². The van der Waals surface area contributed by atoms with E-state index in [0.717, 1.165) is 44.9 Å². The van der Waals surface area contributed by atoms with Crippen LogP contribution < -0.4 is 0 Å². The molecule has 1 aliphatic rings. The van der Waals surface area contributed by atoms with Gasteiger partial charge in [0.15, 0.2) is 5.78 Å². The maximum atomic E-state index is 12.3. The molecule has 5 nitrogen and oxygen atoms in total. The molecule has 1 fully saturated rings. The van der Waals surface area contributed by atoms with E-state index in [1.54, 1.807) is 0 Å². The van der Waals surface area contributed by atoms with E-state index in [-0.39, 0.29) is 36.4 Å². The van der Waals surface area contributed by atoms with Crippen molar-refractivity contribution in [2.75, 3.05) is 6.61 Å². The SMILES string of the molecule is CC=C[C@](O)(CC=C[C@H]1[C@H](O)CC(=O)[C@@H]1CCCCCCC(=O)CO)CCCC. The van der Waals surface area contributed by atoms with Crippen LogP contribution in [-0.2, 0) is 9.59 Å². The first-order valence-corrected chi connectivity index (χ1v) is 11.2. The number of aliphatic hydroxyl groups is 3. The number of ketones is 2. The van der Waals surface area contributed by atoms with Crippen molar-refractivity contribution in [3.63, 3.8) is 0 Å². The summed E-state index contributed by atoms with van der Waals surface area (Å²) in [6.45, 7) is 3.61. The topological polar surface area (TPSA) is 94.8 Å². The van der Waals surface area contributed by atoms with Crippen molar-refractivity contribution in [3.8, 4) is 0 Å². The average molecular weight is 409 g/mol. The number of rotatable bonds is 15. The molecule has 1 saturated carbocycles. The molecule has 0 unspecified atom stereocenters. The Balaban J connectivity index is 2.53. The Bertz CT molecular complexity index is 553. The van der Waals surface area contributed by atoms with Crippen molar-refractivity contribution >= 4 is 11.6 Å². The Morgan fingerprint density at radius 1 is 1.21 bits per heavy atom. The van der Waals surface area contributed by atoms with E-state index in [2.05, 4.69) is 6.92 Å². The molecule has 0 aromatic rings. The number of hydrogen-bond acceptors (Lipinski definition) is 5. The summed E-state index contributed by atoms with van der Waals surface area (Å²) in [7, 11) is 0. The lowest BCUT2D eigenvalue weighted by Gasteiger charge is -2.24. The molecule has 0 spiro atoms. The maximum absolute atomic E-state index is 12.3. The second-order valence-corrected chi connectivity index (χ2v) is 8.41. The van der Waals surface area contributed by atoms with E-state index in [0.29, 0.717) is 19.3 Å². The fourth-order valence-corrected chi connectivity index (χ4v) is 4.19. The zero-order chi connectivity index (χ0) is 21.7. The lowest BCUT2D eigenvalue weighted by molar-refractivity contribution is -0.122. The molecule has 1 aliphatic carbocycles. The van der Waals surface area contributed by atoms with Crippen molar-refractivity contribution in [2.24, 2.45) is 11.8 Å². The third kappa shape index (κ3) is 9.37. The third-order valence-electron chi connectivity index (χ3n) is 5.90. The fraction of sp³-hybridized carbons (Fsp3) is 0.750. The monoisotopic (exact) mass is 408 g/mol. The molecule has 0 radical (unpaired) electrons. The molecular weight excluding hydrogens is 368 g/mol. The standard InChI is InChI=1S/C24H40O5/c1-3-5-15-24(29,14-4-2)16-10-13-21-20(22(27)17-23(21)28)12-9-7-6-8-11-19(26)18-25/h4,10,13-14,20-21,23,25,28-29H,3,5-9,11-12,15-18H2,1-2H3/t20-,21-,23-,24-/m1/s1. The lowest BCUT2D eigenvalue weighted by atomic mass is 9.87. The summed E-state index contributed by atoms with van der Waals surface area (Å²) < 4.78 is 0. The zero-order valence-corrected chi connectivity index (χ0v) is 18.2. The van der Waals surface area contributed by atoms with Gasteiger partial charge in [0.05, 0.1) is 11.7 Å². The molecule has 5 heteroatoms. The van der Waals surface area contributed by atoms with Gasteiger partial charge in [-0.25, -0.2) is 0 Å². The molecule has 166 valence electrons. The van der Waals surface area contributed by atoms with Gasteiger partial charge >= 0.3 is 0 Å². The van der Waals surface area contributed by atoms with Gasteiger partial charge in [-0.15, -0.1) is 0 Å². The molecule has 0 bridgehead atoms. The molecule has 0 aromatic carbocycles. The number of unbranched alkanes of at least 4 members (excludes halogenated alkanes) is 4. The molecule has 29 heavy (non-hydrogen) atoms. The summed E-state index contributed by atoms with van der Waals surface area (Å²) in [5.74, 6) is -0.344. The Labute approximate surface area is 175 Å². The van der Waals surface area contributed by atoms with Gasteiger partial charge in [0.2, 0.25) is 0 Å². The summed E-state index contributed by atoms with van der Waals surface area (Å²) in [4.78, 5) is 23.4. The second kappa shape index (κ2) is 13.8. The molecular formula is C24H40O5. The van der Waals surface area contributed by atoms with Crippen LogP contribution in [0.4, 0.5) is 0 Å². The van der Waals surface area contributed by atoms with Gasteiger partial charge in [-0.3, -0.25) is 9.59 Å². The minimum absolute atomic E-state index is 0.123. The minimum atomic E-state index is -0.865. The van der Waals surface area contributed by atoms with Gasteiger partial charge in [0.1, 0.15) is 12.4 Å². The molecule has 1 rings (SSSR count). The summed E-state index contributed by atoms with van der Waals surface area (Å²) in [6.07, 6.45) is 14.9. The lowest BCUT2D eigenvalue weighted by Crippen LogP contribution is -2.25. The highest BCUT2D eigenvalue weighted by Crippen LogP contribution is 2.35. The minimum Gasteiger partial charge on any atom is -0.392 e. The van der Waals surface area contributed by atoms with Crippen LogP contribution in [0, 0.1) is 11.8 Å². The summed E-state index contributed by atoms with van der Waals surface area (Å²) in [5.41, 5.74) is -0.865. The normalized spacial score (nSPS) is 24.6. The van der Waals surface area contributed by atoms with Crippen molar-refractivity contribution in [1.29, 1.82) is 0 Å². The number of Topliss-reactive ketones (excluding diaryl/α,β-unsaturated/α-hetero) is 2. The van der Waals surface area contributed by atoms with Crippen molar-refractivity contribution in [3.05, 3.63) is 24.3 Å². The van der Waals surface area contributed by atoms with Crippen molar-refractivity contribution < 1.29 is 24.9 Å². The molecule has 0 heterocycles. The Kier molecular flexibility index (Phi) is 12.3. The van der Waals surface area contributed by atoms with Crippen LogP contribution in [-0.4, -0.2) is 45.2 Å². The highest BCUT2D eigenvalue weighted by Gasteiger charge is 2.39. The highest BCUT2D eigenvalue weighted by molar-refractivity contribution is 5.84. The second-order valence-electron chi connectivity index (χ2n) is 8.41. The van der Waals surface area contributed by atoms with Gasteiger partial charge in [-0.1, -0.05) is 63.3 Å². The van der Waals surface area contributed by atoms with E-state index < -0.39 is 11.7 Å². The fourth-order valence-electron chi connectivity index (χ4n) is 4.19. The van der Waals surface area contributed by atoms with Crippen molar-refractivity contribution in [2.45, 2.75) is 96.2 Å². The Hall–Kier alpha value is -1.30. The summed E-state index contributed by atoms with van der Waals surface area (Å²) >= 11 is 0. The van der Waals surface area contributed by atoms with Crippen LogP contribution >= 0.6 is 0 Å². The average Bonchev–Trinajstić information content (AvgIpc) is 2.95. The highest BCUT2D eigenvalue weighted by atomic mass is 16.3. The smallest absolute Gasteiger partial charge is 0.158 e. The van der Waals surface area contributed by atoms with E-state index in [1.807, 2.05) is 31.2 Å². The predicted octanol–water partition coefficient (Wildman–Crippen LogP) is 3.90. The van der Waals surface area contributed by atoms with Crippen LogP contribution in [0.2, 0.25) is 0 Å². The molecule has 4 atom stereocenters. The predicted molar refractivity (Wildman–Crippen MR) is 115 cm³/mol. The molecule has 0 aliphatic heterocycles. The maximum Gasteiger partial charge on any atom is 0.158 e. The third-order valence-corrected chi connectivity index (χ3v) is 5.90. The summed E-state index contributed by atoms with van der Waals surface area (Å²) in [5, 5.41) is 29.8. The Morgan fingerprint density at radius 3 is 2.59 bits per heavy atom. The molecule has 0 amide bonds. The number of carbonyl (C=O) groups excluding carboxylic acids is 2. The largest absolute Gasteiger partial charge is 0.392 e. The number of allylic oxidation sites excluding steroid dienone is 1. The van der Waals surface area contributed by atoms with Crippen LogP contribution in [0.15, 0.2) is 24.3 Å². The van der Waals surface area contributed by atoms with Crippen LogP contribution in [0.1, 0.15) is 84.5 Å². The molecule has 0 aromatic heterocycles. The molecule has 3 N–H and O–H groups in total. The van der Waals surface area contributed by atoms with Gasteiger partial charge in [-0.05, 0) is 32.6 Å². The number of hydrogen-bond donors (Lipinski definition) is 3. The Morgan fingerprint density at radius 2 is 1.93 bits per heavy atom. The van der Waals surface area contributed by atoms with Gasteiger partial charge in [-0.2, -0.15) is 0 Å². The zero-order valence-electron chi connectivity index (χ0n) is 18.2. The van der Waals surface area contributed by atoms with Crippen LogP contribution in [0.25, 0.3) is 0 Å². The number of aliphatic hydroxyl groups excluding tert-OH is 2. The first-order valence-electron chi connectivity index (χ1n) is 11.2. The van der Waals surface area contributed by atoms with Crippen molar-refractivity contribution in [1.82, 2.24) is 0 Å². The number of carbonyl (C=O) groups is 2. The van der Waals surface area contributed by atoms with Gasteiger partial charge < -0.3 is 15.3 Å². The first-order chi connectivity index (χ1) is 13.9. The van der Waals surface area contributed by atoms with E-state index in [1.165, 1.54) is 0 Å². The molecule has 0 saturated heterocycles. The first kappa shape index (κ1) is 25.7. The summed E-state index contributed by atoms with van der Waals surface area (Å²) in [6, 6.07) is 0. The van der Waals surface area contributed by atoms with E-state index in [4.69, 9.17) is 5.11 Å². The van der Waals surface area contributed by atoms with Crippen LogP contribution in [0.5, 0.6) is 0 Å². The van der Waals surface area contributed by atoms with E-state index >= 15 is 0 Å². The van der Waals surface area contributed by atoms with Gasteiger partial charge in [0.25, 0.3) is 0 Å². The quantitative estimate of drug-likeness (QED) is 0.282. The van der Waals surface area contributed by atoms with E-state index in [9.17, 15) is 19.8 Å².